The summed E-state index contributed by atoms with van der Waals surface area (Å²) >= 11 is 0. The maximum atomic E-state index is 5.90. The van der Waals surface area contributed by atoms with Gasteiger partial charge in [-0.25, -0.2) is 4.98 Å². The Bertz CT molecular complexity index is 900. The predicted molar refractivity (Wildman–Crippen MR) is 103 cm³/mol. The summed E-state index contributed by atoms with van der Waals surface area (Å²) in [5.41, 5.74) is 4.57. The maximum absolute atomic E-state index is 5.90. The highest BCUT2D eigenvalue weighted by Crippen LogP contribution is 2.35. The van der Waals surface area contributed by atoms with Crippen molar-refractivity contribution in [3.63, 3.8) is 0 Å². The fourth-order valence-electron chi connectivity index (χ4n) is 3.48. The first-order valence-corrected chi connectivity index (χ1v) is 8.80. The molecule has 5 nitrogen and oxygen atoms in total. The molecule has 0 saturated heterocycles. The van der Waals surface area contributed by atoms with Crippen LogP contribution in [0.4, 0.5) is 11.4 Å². The van der Waals surface area contributed by atoms with Crippen molar-refractivity contribution in [2.75, 3.05) is 37.0 Å². The van der Waals surface area contributed by atoms with Crippen molar-refractivity contribution in [3.8, 4) is 5.75 Å². The largest absolute Gasteiger partial charge is 0.489 e. The number of nitrogens with zero attached hydrogens (tertiary/aromatic N) is 4. The molecular formula is C20H24N4O. The molecule has 0 amide bonds. The summed E-state index contributed by atoms with van der Waals surface area (Å²) in [5, 5.41) is 0. The summed E-state index contributed by atoms with van der Waals surface area (Å²) in [5.74, 6) is 2.06. The van der Waals surface area contributed by atoms with E-state index in [1.54, 1.807) is 0 Å². The second-order valence-electron chi connectivity index (χ2n) is 6.58. The van der Waals surface area contributed by atoms with Crippen LogP contribution < -0.4 is 14.5 Å². The molecule has 0 saturated carbocycles. The zero-order chi connectivity index (χ0) is 17.4. The highest BCUT2D eigenvalue weighted by atomic mass is 16.5. The quantitative estimate of drug-likeness (QED) is 0.730. The normalized spacial score (nSPS) is 13.6. The van der Waals surface area contributed by atoms with Crippen LogP contribution >= 0.6 is 0 Å². The molecule has 1 aromatic heterocycles. The van der Waals surface area contributed by atoms with E-state index in [0.29, 0.717) is 6.61 Å². The average molecular weight is 336 g/mol. The monoisotopic (exact) mass is 336 g/mol. The number of rotatable bonds is 4. The topological polar surface area (TPSA) is 33.5 Å². The zero-order valence-electron chi connectivity index (χ0n) is 15.1. The first-order valence-electron chi connectivity index (χ1n) is 8.80. The molecule has 1 aliphatic rings. The van der Waals surface area contributed by atoms with Crippen molar-refractivity contribution in [2.24, 2.45) is 0 Å². The van der Waals surface area contributed by atoms with Crippen molar-refractivity contribution in [1.82, 2.24) is 9.55 Å². The molecule has 0 aliphatic carbocycles. The number of imidazole rings is 1. The molecule has 0 N–H and O–H groups in total. The second kappa shape index (κ2) is 6.31. The van der Waals surface area contributed by atoms with Crippen molar-refractivity contribution >= 4 is 22.4 Å². The number of benzene rings is 2. The molecule has 0 radical (unpaired) electrons. The summed E-state index contributed by atoms with van der Waals surface area (Å²) < 4.78 is 8.21. The third kappa shape index (κ3) is 2.80. The summed E-state index contributed by atoms with van der Waals surface area (Å²) in [6.45, 7) is 5.47. The molecule has 2 aromatic carbocycles. The summed E-state index contributed by atoms with van der Waals surface area (Å²) in [6.07, 6.45) is 0. The van der Waals surface area contributed by atoms with Gasteiger partial charge in [0.05, 0.1) is 29.8 Å². The summed E-state index contributed by atoms with van der Waals surface area (Å²) in [6, 6.07) is 14.8. The van der Waals surface area contributed by atoms with Gasteiger partial charge in [0.25, 0.3) is 0 Å². The van der Waals surface area contributed by atoms with Crippen LogP contribution in [0.25, 0.3) is 11.0 Å². The first-order chi connectivity index (χ1) is 12.2. The number of hydrogen-bond acceptors (Lipinski definition) is 4. The fourth-order valence-corrected chi connectivity index (χ4v) is 3.48. The third-order valence-corrected chi connectivity index (χ3v) is 4.80. The number of fused-ring (bicyclic) bond motifs is 2. The van der Waals surface area contributed by atoms with Crippen molar-refractivity contribution in [1.29, 1.82) is 0 Å². The van der Waals surface area contributed by atoms with Crippen LogP contribution in [-0.2, 0) is 13.1 Å². The molecule has 0 fully saturated rings. The Morgan fingerprint density at radius 2 is 2.00 bits per heavy atom. The second-order valence-corrected chi connectivity index (χ2v) is 6.58. The van der Waals surface area contributed by atoms with Gasteiger partial charge in [-0.2, -0.15) is 0 Å². The highest BCUT2D eigenvalue weighted by Gasteiger charge is 2.21. The molecule has 1 aliphatic heterocycles. The van der Waals surface area contributed by atoms with E-state index in [0.717, 1.165) is 48.1 Å². The van der Waals surface area contributed by atoms with Crippen LogP contribution in [0.1, 0.15) is 12.7 Å². The summed E-state index contributed by atoms with van der Waals surface area (Å²) in [7, 11) is 4.10. The van der Waals surface area contributed by atoms with Crippen LogP contribution in [0.15, 0.2) is 42.5 Å². The number of aryl methyl sites for hydroxylation is 1. The van der Waals surface area contributed by atoms with Crippen molar-refractivity contribution in [2.45, 2.75) is 20.0 Å². The van der Waals surface area contributed by atoms with Gasteiger partial charge in [-0.1, -0.05) is 12.1 Å². The van der Waals surface area contributed by atoms with Gasteiger partial charge in [0.1, 0.15) is 18.2 Å². The Morgan fingerprint density at radius 1 is 1.16 bits per heavy atom. The highest BCUT2D eigenvalue weighted by molar-refractivity contribution is 5.76. The molecule has 0 bridgehead atoms. The Labute approximate surface area is 148 Å². The van der Waals surface area contributed by atoms with Gasteiger partial charge >= 0.3 is 0 Å². The number of para-hydroxylation sites is 2. The lowest BCUT2D eigenvalue weighted by Gasteiger charge is -2.32. The van der Waals surface area contributed by atoms with Crippen LogP contribution in [-0.4, -0.2) is 36.8 Å². The van der Waals surface area contributed by atoms with E-state index in [9.17, 15) is 0 Å². The molecule has 25 heavy (non-hydrogen) atoms. The first kappa shape index (κ1) is 15.8. The van der Waals surface area contributed by atoms with Crippen LogP contribution in [0.3, 0.4) is 0 Å². The number of aromatic nitrogens is 2. The maximum Gasteiger partial charge on any atom is 0.144 e. The van der Waals surface area contributed by atoms with E-state index in [1.165, 1.54) is 5.52 Å². The molecule has 0 atom stereocenters. The number of hydrogen-bond donors (Lipinski definition) is 0. The van der Waals surface area contributed by atoms with Crippen LogP contribution in [0, 0.1) is 0 Å². The van der Waals surface area contributed by atoms with E-state index in [2.05, 4.69) is 57.7 Å². The lowest BCUT2D eigenvalue weighted by atomic mass is 10.2. The molecule has 130 valence electrons. The minimum absolute atomic E-state index is 0.705. The molecule has 0 unspecified atom stereocenters. The van der Waals surface area contributed by atoms with Gasteiger partial charge in [-0.15, -0.1) is 0 Å². The average Bonchev–Trinajstić information content (AvgIpc) is 2.98. The van der Waals surface area contributed by atoms with Gasteiger partial charge in [-0.3, -0.25) is 0 Å². The fraction of sp³-hybridized carbons (Fsp3) is 0.350. The van der Waals surface area contributed by atoms with Crippen LogP contribution in [0.2, 0.25) is 0 Å². The lowest BCUT2D eigenvalue weighted by Crippen LogP contribution is -2.33. The van der Waals surface area contributed by atoms with Gasteiger partial charge < -0.3 is 19.1 Å². The molecule has 0 spiro atoms. The Kier molecular flexibility index (Phi) is 3.99. The Hall–Kier alpha value is -2.69. The van der Waals surface area contributed by atoms with E-state index in [4.69, 9.17) is 9.72 Å². The van der Waals surface area contributed by atoms with E-state index < -0.39 is 0 Å². The third-order valence-electron chi connectivity index (χ3n) is 4.80. The zero-order valence-corrected chi connectivity index (χ0v) is 15.1. The number of ether oxygens (including phenoxy) is 1. The molecule has 4 rings (SSSR count). The molecular weight excluding hydrogens is 312 g/mol. The summed E-state index contributed by atoms with van der Waals surface area (Å²) in [4.78, 5) is 9.33. The smallest absolute Gasteiger partial charge is 0.144 e. The molecule has 3 aromatic rings. The standard InChI is InChI=1S/C20H24N4O/c1-4-24-17-8-6-5-7-16(17)21-20(24)14-23-11-12-25-19-13-15(22(2)3)9-10-18(19)23/h5-10,13H,4,11-12,14H2,1-3H3. The van der Waals surface area contributed by atoms with Gasteiger partial charge in [0.2, 0.25) is 0 Å². The van der Waals surface area contributed by atoms with Crippen LogP contribution in [0.5, 0.6) is 5.75 Å². The van der Waals surface area contributed by atoms with Crippen molar-refractivity contribution < 1.29 is 4.74 Å². The SMILES string of the molecule is CCn1c(CN2CCOc3cc(N(C)C)ccc32)nc2ccccc21. The molecule has 5 heteroatoms. The Morgan fingerprint density at radius 3 is 2.80 bits per heavy atom. The minimum atomic E-state index is 0.705. The van der Waals surface area contributed by atoms with E-state index in [-0.39, 0.29) is 0 Å². The number of anilines is 2. The molecule has 2 heterocycles. The minimum Gasteiger partial charge on any atom is -0.489 e. The lowest BCUT2D eigenvalue weighted by molar-refractivity contribution is 0.306. The van der Waals surface area contributed by atoms with Gasteiger partial charge in [0, 0.05) is 32.4 Å². The van der Waals surface area contributed by atoms with E-state index in [1.807, 2.05) is 20.2 Å². The Balaban J connectivity index is 1.69. The van der Waals surface area contributed by atoms with Gasteiger partial charge in [0.15, 0.2) is 0 Å². The van der Waals surface area contributed by atoms with Crippen molar-refractivity contribution in [3.05, 3.63) is 48.3 Å². The van der Waals surface area contributed by atoms with E-state index >= 15 is 0 Å². The van der Waals surface area contributed by atoms with Gasteiger partial charge in [-0.05, 0) is 31.2 Å². The predicted octanol–water partition coefficient (Wildman–Crippen LogP) is 3.52.